The number of imidazole rings is 1. The zero-order valence-corrected chi connectivity index (χ0v) is 15.7. The van der Waals surface area contributed by atoms with Gasteiger partial charge in [-0.3, -0.25) is 9.36 Å². The minimum Gasteiger partial charge on any atom is -0.490 e. The monoisotopic (exact) mass is 381 g/mol. The van der Waals surface area contributed by atoms with E-state index in [1.807, 2.05) is 47.4 Å². The Labute approximate surface area is 161 Å². The number of nitrogens with zero attached hydrogens (tertiary/aromatic N) is 2. The highest BCUT2D eigenvalue weighted by atomic mass is 32.2. The number of carbonyl (C=O) groups is 1. The summed E-state index contributed by atoms with van der Waals surface area (Å²) in [7, 11) is 0. The maximum atomic E-state index is 12.7. The number of anilines is 1. The van der Waals surface area contributed by atoms with Gasteiger partial charge in [-0.15, -0.1) is 0 Å². The van der Waals surface area contributed by atoms with Gasteiger partial charge in [0.1, 0.15) is 0 Å². The van der Waals surface area contributed by atoms with Gasteiger partial charge in [-0.25, -0.2) is 4.98 Å². The highest BCUT2D eigenvalue weighted by Gasteiger charge is 2.13. The van der Waals surface area contributed by atoms with Gasteiger partial charge in [-0.1, -0.05) is 17.8 Å². The number of rotatable bonds is 4. The topological polar surface area (TPSA) is 65.4 Å². The highest BCUT2D eigenvalue weighted by molar-refractivity contribution is 7.98. The van der Waals surface area contributed by atoms with Crippen LogP contribution in [0.15, 0.2) is 60.0 Å². The van der Waals surface area contributed by atoms with Gasteiger partial charge in [0.05, 0.1) is 13.2 Å². The van der Waals surface area contributed by atoms with E-state index in [4.69, 9.17) is 9.47 Å². The zero-order chi connectivity index (χ0) is 18.6. The van der Waals surface area contributed by atoms with Crippen molar-refractivity contribution < 1.29 is 14.3 Å². The van der Waals surface area contributed by atoms with Crippen LogP contribution in [0, 0.1) is 0 Å². The molecule has 1 aromatic heterocycles. The third-order valence-electron chi connectivity index (χ3n) is 4.18. The number of thioether (sulfide) groups is 1. The molecule has 0 unspecified atom stereocenters. The molecule has 7 heteroatoms. The average Bonchev–Trinajstić information content (AvgIpc) is 3.06. The minimum atomic E-state index is -0.183. The van der Waals surface area contributed by atoms with Gasteiger partial charge in [0.2, 0.25) is 0 Å². The van der Waals surface area contributed by atoms with Crippen LogP contribution in [0.4, 0.5) is 5.69 Å². The van der Waals surface area contributed by atoms with E-state index >= 15 is 0 Å². The molecule has 3 aromatic rings. The summed E-state index contributed by atoms with van der Waals surface area (Å²) in [5.74, 6) is 1.18. The van der Waals surface area contributed by atoms with Gasteiger partial charge < -0.3 is 14.8 Å². The van der Waals surface area contributed by atoms with Gasteiger partial charge in [-0.2, -0.15) is 0 Å². The number of ether oxygens (including phenoxy) is 2. The molecule has 1 amide bonds. The number of carbonyl (C=O) groups excluding carboxylic acids is 1. The van der Waals surface area contributed by atoms with Crippen molar-refractivity contribution in [3.63, 3.8) is 0 Å². The first-order valence-electron chi connectivity index (χ1n) is 8.63. The van der Waals surface area contributed by atoms with Gasteiger partial charge in [0.15, 0.2) is 16.7 Å². The average molecular weight is 381 g/mol. The van der Waals surface area contributed by atoms with Gasteiger partial charge in [-0.05, 0) is 36.6 Å². The van der Waals surface area contributed by atoms with Crippen molar-refractivity contribution in [1.29, 1.82) is 0 Å². The van der Waals surface area contributed by atoms with E-state index < -0.39 is 0 Å². The maximum absolute atomic E-state index is 12.7. The molecule has 0 bridgehead atoms. The molecule has 2 aromatic carbocycles. The number of hydrogen-bond donors (Lipinski definition) is 1. The number of hydrogen-bond acceptors (Lipinski definition) is 5. The third-order valence-corrected chi connectivity index (χ3v) is 4.85. The van der Waals surface area contributed by atoms with E-state index in [2.05, 4.69) is 10.3 Å². The van der Waals surface area contributed by atoms with Gasteiger partial charge >= 0.3 is 0 Å². The van der Waals surface area contributed by atoms with Crippen LogP contribution in [0.5, 0.6) is 11.5 Å². The Hall–Kier alpha value is -2.93. The number of fused-ring (bicyclic) bond motifs is 1. The fourth-order valence-corrected chi connectivity index (χ4v) is 3.41. The molecule has 27 heavy (non-hydrogen) atoms. The smallest absolute Gasteiger partial charge is 0.255 e. The normalized spacial score (nSPS) is 13.1. The Kier molecular flexibility index (Phi) is 5.02. The highest BCUT2D eigenvalue weighted by Crippen LogP contribution is 2.32. The summed E-state index contributed by atoms with van der Waals surface area (Å²) < 4.78 is 13.3. The number of benzene rings is 2. The summed E-state index contributed by atoms with van der Waals surface area (Å²) in [6.45, 7) is 1.24. The van der Waals surface area contributed by atoms with Crippen LogP contribution >= 0.6 is 11.8 Å². The SMILES string of the molecule is CSc1nccn1-c1cccc(C(=O)Nc2ccc3c(c2)OCCCO3)c1. The lowest BCUT2D eigenvalue weighted by Gasteiger charge is -2.11. The summed E-state index contributed by atoms with van der Waals surface area (Å²) in [5, 5.41) is 3.80. The largest absolute Gasteiger partial charge is 0.490 e. The number of aromatic nitrogens is 2. The fourth-order valence-electron chi connectivity index (χ4n) is 2.88. The van der Waals surface area contributed by atoms with E-state index in [0.29, 0.717) is 36.0 Å². The molecule has 0 spiro atoms. The zero-order valence-electron chi connectivity index (χ0n) is 14.8. The Morgan fingerprint density at radius 1 is 1.15 bits per heavy atom. The maximum Gasteiger partial charge on any atom is 0.255 e. The van der Waals surface area contributed by atoms with Crippen molar-refractivity contribution in [3.8, 4) is 17.2 Å². The Bertz CT molecular complexity index is 971. The van der Waals surface area contributed by atoms with E-state index in [9.17, 15) is 4.79 Å². The van der Waals surface area contributed by atoms with Crippen molar-refractivity contribution in [2.45, 2.75) is 11.6 Å². The second-order valence-corrected chi connectivity index (χ2v) is 6.77. The predicted octanol–water partition coefficient (Wildman–Crippen LogP) is 4.01. The van der Waals surface area contributed by atoms with E-state index in [-0.39, 0.29) is 5.91 Å². The van der Waals surface area contributed by atoms with Crippen LogP contribution in [0.25, 0.3) is 5.69 Å². The van der Waals surface area contributed by atoms with Crippen LogP contribution < -0.4 is 14.8 Å². The summed E-state index contributed by atoms with van der Waals surface area (Å²) in [5.41, 5.74) is 2.13. The first-order valence-corrected chi connectivity index (χ1v) is 9.86. The number of nitrogens with one attached hydrogen (secondary N) is 1. The van der Waals surface area contributed by atoms with Crippen LogP contribution in [-0.2, 0) is 0 Å². The van der Waals surface area contributed by atoms with Crippen LogP contribution in [0.1, 0.15) is 16.8 Å². The van der Waals surface area contributed by atoms with Crippen LogP contribution in [-0.4, -0.2) is 34.9 Å². The lowest BCUT2D eigenvalue weighted by Crippen LogP contribution is -2.12. The summed E-state index contributed by atoms with van der Waals surface area (Å²) >= 11 is 1.55. The van der Waals surface area contributed by atoms with Crippen LogP contribution in [0.3, 0.4) is 0 Å². The van der Waals surface area contributed by atoms with Crippen molar-refractivity contribution >= 4 is 23.4 Å². The summed E-state index contributed by atoms with van der Waals surface area (Å²) in [6.07, 6.45) is 6.44. The Morgan fingerprint density at radius 2 is 2.00 bits per heavy atom. The molecular weight excluding hydrogens is 362 g/mol. The first-order chi connectivity index (χ1) is 13.2. The predicted molar refractivity (Wildman–Crippen MR) is 105 cm³/mol. The van der Waals surface area contributed by atoms with Crippen molar-refractivity contribution in [2.24, 2.45) is 0 Å². The second kappa shape index (κ2) is 7.75. The molecule has 0 saturated heterocycles. The molecule has 1 aliphatic heterocycles. The number of amides is 1. The molecule has 1 N–H and O–H groups in total. The molecule has 0 atom stereocenters. The summed E-state index contributed by atoms with van der Waals surface area (Å²) in [4.78, 5) is 17.0. The third kappa shape index (κ3) is 3.78. The molecule has 0 radical (unpaired) electrons. The first kappa shape index (κ1) is 17.5. The van der Waals surface area contributed by atoms with Crippen LogP contribution in [0.2, 0.25) is 0 Å². The molecule has 6 nitrogen and oxygen atoms in total. The molecule has 0 fully saturated rings. The molecule has 138 valence electrons. The molecule has 0 aliphatic carbocycles. The quantitative estimate of drug-likeness (QED) is 0.692. The molecular formula is C20H19N3O3S. The van der Waals surface area contributed by atoms with Gasteiger partial charge in [0, 0.05) is 41.8 Å². The lowest BCUT2D eigenvalue weighted by atomic mass is 10.1. The fraction of sp³-hybridized carbons (Fsp3) is 0.200. The Morgan fingerprint density at radius 3 is 2.85 bits per heavy atom. The summed E-state index contributed by atoms with van der Waals surface area (Å²) in [6, 6.07) is 12.9. The molecule has 0 saturated carbocycles. The van der Waals surface area contributed by atoms with Crippen molar-refractivity contribution in [2.75, 3.05) is 24.8 Å². The molecule has 2 heterocycles. The van der Waals surface area contributed by atoms with Crippen molar-refractivity contribution in [1.82, 2.24) is 9.55 Å². The molecule has 1 aliphatic rings. The second-order valence-electron chi connectivity index (χ2n) is 6.00. The van der Waals surface area contributed by atoms with Crippen molar-refractivity contribution in [3.05, 3.63) is 60.4 Å². The van der Waals surface area contributed by atoms with E-state index in [0.717, 1.165) is 17.3 Å². The van der Waals surface area contributed by atoms with E-state index in [1.54, 1.807) is 30.1 Å². The van der Waals surface area contributed by atoms with Gasteiger partial charge in [0.25, 0.3) is 5.91 Å². The van der Waals surface area contributed by atoms with E-state index in [1.165, 1.54) is 0 Å². The minimum absolute atomic E-state index is 0.183. The lowest BCUT2D eigenvalue weighted by molar-refractivity contribution is 0.102. The standard InChI is InChI=1S/C20H19N3O3S/c1-27-20-21-8-9-23(20)16-5-2-4-14(12-16)19(24)22-15-6-7-17-18(13-15)26-11-3-10-25-17/h2,4-9,12-13H,3,10-11H2,1H3,(H,22,24). The molecule has 4 rings (SSSR count). The Balaban J connectivity index is 1.55.